The second-order valence-electron chi connectivity index (χ2n) is 2.76. The number of nitrogens with zero attached hydrogens (tertiary/aromatic N) is 2. The van der Waals surface area contributed by atoms with E-state index in [0.29, 0.717) is 19.6 Å². The Hall–Kier alpha value is -1.53. The zero-order valence-electron chi connectivity index (χ0n) is 8.31. The minimum absolute atomic E-state index is 0.467. The van der Waals surface area contributed by atoms with Crippen LogP contribution in [-0.2, 0) is 4.84 Å². The van der Waals surface area contributed by atoms with Gasteiger partial charge in [0.15, 0.2) is 0 Å². The van der Waals surface area contributed by atoms with E-state index < -0.39 is 0 Å². The number of benzene rings is 1. The Kier molecular flexibility index (Phi) is 4.53. The summed E-state index contributed by atoms with van der Waals surface area (Å²) in [6.45, 7) is 3.15. The predicted molar refractivity (Wildman–Crippen MR) is 55.6 cm³/mol. The summed E-state index contributed by atoms with van der Waals surface area (Å²) in [5.41, 5.74) is 0.990. The lowest BCUT2D eigenvalue weighted by Crippen LogP contribution is -2.24. The Labute approximate surface area is 84.5 Å². The van der Waals surface area contributed by atoms with Crippen LogP contribution < -0.4 is 5.06 Å². The SMILES string of the molecule is CCON(CCC#N)c1ccccc1. The van der Waals surface area contributed by atoms with Gasteiger partial charge < -0.3 is 0 Å². The quantitative estimate of drug-likeness (QED) is 0.669. The normalized spacial score (nSPS) is 9.43. The molecule has 3 heteroatoms. The van der Waals surface area contributed by atoms with Gasteiger partial charge in [-0.3, -0.25) is 9.90 Å². The molecule has 74 valence electrons. The molecule has 0 amide bonds. The number of hydrogen-bond donors (Lipinski definition) is 0. The van der Waals surface area contributed by atoms with Gasteiger partial charge in [-0.25, -0.2) is 0 Å². The fourth-order valence-electron chi connectivity index (χ4n) is 1.17. The first kappa shape index (κ1) is 10.6. The first-order valence-electron chi connectivity index (χ1n) is 4.71. The Morgan fingerprint density at radius 3 is 2.64 bits per heavy atom. The van der Waals surface area contributed by atoms with Gasteiger partial charge in [-0.15, -0.1) is 0 Å². The van der Waals surface area contributed by atoms with Crippen LogP contribution in [0, 0.1) is 11.3 Å². The molecule has 0 unspecified atom stereocenters. The van der Waals surface area contributed by atoms with Gasteiger partial charge in [-0.05, 0) is 19.1 Å². The number of hydrogen-bond acceptors (Lipinski definition) is 3. The van der Waals surface area contributed by atoms with Crippen molar-refractivity contribution in [2.75, 3.05) is 18.2 Å². The van der Waals surface area contributed by atoms with Crippen LogP contribution in [-0.4, -0.2) is 13.2 Å². The molecule has 3 nitrogen and oxygen atoms in total. The number of anilines is 1. The molecular weight excluding hydrogens is 176 g/mol. The molecule has 0 fully saturated rings. The topological polar surface area (TPSA) is 36.3 Å². The van der Waals surface area contributed by atoms with E-state index in [2.05, 4.69) is 6.07 Å². The number of rotatable bonds is 5. The predicted octanol–water partition coefficient (Wildman–Crippen LogP) is 2.36. The molecule has 0 aliphatic heterocycles. The van der Waals surface area contributed by atoms with Gasteiger partial charge in [-0.2, -0.15) is 5.26 Å². The maximum absolute atomic E-state index is 8.50. The van der Waals surface area contributed by atoms with E-state index in [0.717, 1.165) is 5.69 Å². The van der Waals surface area contributed by atoms with E-state index in [1.165, 1.54) is 0 Å². The fraction of sp³-hybridized carbons (Fsp3) is 0.364. The van der Waals surface area contributed by atoms with Gasteiger partial charge in [0.05, 0.1) is 31.3 Å². The summed E-state index contributed by atoms with van der Waals surface area (Å²) in [6, 6.07) is 11.9. The van der Waals surface area contributed by atoms with Crippen LogP contribution in [0.2, 0.25) is 0 Å². The van der Waals surface area contributed by atoms with Crippen molar-refractivity contribution in [2.24, 2.45) is 0 Å². The van der Waals surface area contributed by atoms with E-state index in [1.54, 1.807) is 5.06 Å². The molecule has 0 spiro atoms. The van der Waals surface area contributed by atoms with Crippen LogP contribution in [0.25, 0.3) is 0 Å². The minimum Gasteiger partial charge on any atom is -0.274 e. The Morgan fingerprint density at radius 1 is 1.36 bits per heavy atom. The smallest absolute Gasteiger partial charge is 0.0720 e. The molecule has 14 heavy (non-hydrogen) atoms. The van der Waals surface area contributed by atoms with E-state index in [9.17, 15) is 0 Å². The third kappa shape index (κ3) is 3.08. The summed E-state index contributed by atoms with van der Waals surface area (Å²) in [6.07, 6.45) is 0.467. The van der Waals surface area contributed by atoms with E-state index >= 15 is 0 Å². The van der Waals surface area contributed by atoms with Crippen LogP contribution >= 0.6 is 0 Å². The highest BCUT2D eigenvalue weighted by molar-refractivity contribution is 5.43. The summed E-state index contributed by atoms with van der Waals surface area (Å²) in [5, 5.41) is 10.3. The highest BCUT2D eigenvalue weighted by Crippen LogP contribution is 2.13. The van der Waals surface area contributed by atoms with Gasteiger partial charge in [0, 0.05) is 0 Å². The van der Waals surface area contributed by atoms with Crippen LogP contribution in [0.4, 0.5) is 5.69 Å². The molecule has 0 N–H and O–H groups in total. The third-order valence-corrected chi connectivity index (χ3v) is 1.76. The van der Waals surface area contributed by atoms with Crippen molar-refractivity contribution in [1.82, 2.24) is 0 Å². The standard InChI is InChI=1S/C11H14N2O/c1-2-14-13(10-6-9-12)11-7-4-3-5-8-11/h3-5,7-8H,2,6,10H2,1H3. The zero-order chi connectivity index (χ0) is 10.2. The highest BCUT2D eigenvalue weighted by Gasteiger charge is 2.04. The van der Waals surface area contributed by atoms with Gasteiger partial charge in [-0.1, -0.05) is 18.2 Å². The first-order chi connectivity index (χ1) is 6.88. The van der Waals surface area contributed by atoms with Crippen LogP contribution in [0.3, 0.4) is 0 Å². The van der Waals surface area contributed by atoms with Gasteiger partial charge in [0.25, 0.3) is 0 Å². The molecular formula is C11H14N2O. The molecule has 0 aliphatic carbocycles. The van der Waals surface area contributed by atoms with Crippen molar-refractivity contribution >= 4 is 5.69 Å². The minimum atomic E-state index is 0.467. The summed E-state index contributed by atoms with van der Waals surface area (Å²) < 4.78 is 0. The van der Waals surface area contributed by atoms with Crippen molar-refractivity contribution in [3.05, 3.63) is 30.3 Å². The summed E-state index contributed by atoms with van der Waals surface area (Å²) in [5.74, 6) is 0. The van der Waals surface area contributed by atoms with E-state index in [1.807, 2.05) is 37.3 Å². The molecule has 0 saturated heterocycles. The third-order valence-electron chi connectivity index (χ3n) is 1.76. The summed E-state index contributed by atoms with van der Waals surface area (Å²) in [7, 11) is 0. The number of nitriles is 1. The van der Waals surface area contributed by atoms with Crippen molar-refractivity contribution in [1.29, 1.82) is 5.26 Å². The molecule has 0 radical (unpaired) electrons. The molecule has 0 aromatic heterocycles. The van der Waals surface area contributed by atoms with Crippen molar-refractivity contribution < 1.29 is 4.84 Å². The molecule has 0 atom stereocenters. The Bertz CT molecular complexity index is 292. The molecule has 1 aromatic carbocycles. The average molecular weight is 190 g/mol. The van der Waals surface area contributed by atoms with Gasteiger partial charge in [0.1, 0.15) is 0 Å². The summed E-state index contributed by atoms with van der Waals surface area (Å²) >= 11 is 0. The molecule has 1 aromatic rings. The second-order valence-corrected chi connectivity index (χ2v) is 2.76. The molecule has 1 rings (SSSR count). The van der Waals surface area contributed by atoms with E-state index in [4.69, 9.17) is 10.1 Å². The Morgan fingerprint density at radius 2 is 2.07 bits per heavy atom. The first-order valence-corrected chi connectivity index (χ1v) is 4.71. The van der Waals surface area contributed by atoms with Crippen molar-refractivity contribution in [3.63, 3.8) is 0 Å². The summed E-state index contributed by atoms with van der Waals surface area (Å²) in [4.78, 5) is 5.41. The van der Waals surface area contributed by atoms with Crippen LogP contribution in [0.5, 0.6) is 0 Å². The maximum atomic E-state index is 8.50. The van der Waals surface area contributed by atoms with Gasteiger partial charge >= 0.3 is 0 Å². The fourth-order valence-corrected chi connectivity index (χ4v) is 1.17. The monoisotopic (exact) mass is 190 g/mol. The van der Waals surface area contributed by atoms with Crippen LogP contribution in [0.15, 0.2) is 30.3 Å². The van der Waals surface area contributed by atoms with Gasteiger partial charge in [0.2, 0.25) is 0 Å². The van der Waals surface area contributed by atoms with Crippen molar-refractivity contribution in [2.45, 2.75) is 13.3 Å². The highest BCUT2D eigenvalue weighted by atomic mass is 16.7. The molecule has 0 heterocycles. The van der Waals surface area contributed by atoms with Crippen molar-refractivity contribution in [3.8, 4) is 6.07 Å². The van der Waals surface area contributed by atoms with Crippen LogP contribution in [0.1, 0.15) is 13.3 Å². The number of hydroxylamine groups is 1. The second kappa shape index (κ2) is 6.01. The molecule has 0 aliphatic rings. The largest absolute Gasteiger partial charge is 0.274 e. The lowest BCUT2D eigenvalue weighted by Gasteiger charge is -2.21. The maximum Gasteiger partial charge on any atom is 0.0720 e. The average Bonchev–Trinajstić information content (AvgIpc) is 2.25. The number of para-hydroxylation sites is 1. The molecule has 0 saturated carbocycles. The molecule has 0 bridgehead atoms. The van der Waals surface area contributed by atoms with E-state index in [-0.39, 0.29) is 0 Å². The zero-order valence-corrected chi connectivity index (χ0v) is 8.31. The Balaban J connectivity index is 2.63. The lowest BCUT2D eigenvalue weighted by molar-refractivity contribution is 0.121. The lowest BCUT2D eigenvalue weighted by atomic mass is 10.3.